The summed E-state index contributed by atoms with van der Waals surface area (Å²) in [4.78, 5) is 57.2. The summed E-state index contributed by atoms with van der Waals surface area (Å²) in [7, 11) is 0. The van der Waals surface area contributed by atoms with E-state index in [4.69, 9.17) is 34.3 Å². The Morgan fingerprint density at radius 2 is 0.407 bits per heavy atom. The van der Waals surface area contributed by atoms with E-state index in [1.54, 1.807) is 0 Å². The zero-order valence-corrected chi connectivity index (χ0v) is 78.1. The minimum Gasteiger partial charge on any atom is -0.341 e. The fourth-order valence-electron chi connectivity index (χ4n) is 24.0. The highest BCUT2D eigenvalue weighted by Gasteiger charge is 2.58. The van der Waals surface area contributed by atoms with E-state index < -0.39 is 0 Å². The van der Waals surface area contributed by atoms with E-state index >= 15 is 0 Å². The van der Waals surface area contributed by atoms with Crippen LogP contribution < -0.4 is 14.7 Å². The Kier molecular flexibility index (Phi) is 38.5. The predicted octanol–water partition coefficient (Wildman–Crippen LogP) is 28.0. The second-order valence-corrected chi connectivity index (χ2v) is 44.0. The maximum Gasteiger partial charge on any atom is 0.232 e. The Hall–Kier alpha value is -1.91. The highest BCUT2D eigenvalue weighted by molar-refractivity contribution is 5.50. The Morgan fingerprint density at radius 3 is 0.593 bits per heavy atom. The van der Waals surface area contributed by atoms with Gasteiger partial charge in [-0.3, -0.25) is 19.4 Å². The number of unbranched alkanes of at least 4 members (excludes halogenated alkanes) is 30. The minimum atomic E-state index is -0.273. The Morgan fingerprint density at radius 1 is 0.239 bits per heavy atom. The van der Waals surface area contributed by atoms with E-state index in [9.17, 15) is 0 Å². The van der Waals surface area contributed by atoms with Gasteiger partial charge < -0.3 is 14.7 Å². The molecule has 14 nitrogen and oxygen atoms in total. The van der Waals surface area contributed by atoms with Crippen LogP contribution in [0.5, 0.6) is 0 Å². The molecule has 0 amide bonds. The van der Waals surface area contributed by atoms with Crippen molar-refractivity contribution >= 4 is 17.8 Å². The van der Waals surface area contributed by atoms with Crippen LogP contribution in [0.15, 0.2) is 0 Å². The summed E-state index contributed by atoms with van der Waals surface area (Å²) in [5.74, 6) is 2.69. The topological polar surface area (TPSA) is 98.3 Å². The van der Waals surface area contributed by atoms with Crippen LogP contribution in [0.1, 0.15) is 510 Å². The molecule has 0 atom stereocenters. The van der Waals surface area contributed by atoms with Gasteiger partial charge in [-0.05, 0) is 226 Å². The average molecular weight is 1580 g/mol. The van der Waals surface area contributed by atoms with E-state index in [2.05, 4.69) is 160 Å². The van der Waals surface area contributed by atoms with Crippen LogP contribution in [0.3, 0.4) is 0 Å². The molecule has 0 bridgehead atoms. The standard InChI is InChI=1S/C99H186N10O4/c1-19-21-23-25-27-29-31-33-35-37-39-41-43-45-47-61-71-103(72-62-48-46-44-42-40-38-36-34-32-30-28-26-24-22-20-2)89-100-90(104(81-73-92(3,4)106(93(5,6)74-81)110-85-63-53-49-54-64-85)82-75-94(7,8)107(95(9,10)76-82)111-86-65-55-50-56-66-86)102-91(101-89)105(83-77-96(11,12)108(97(13,14)78-83)112-87-67-57-51-58-68-87)84-79-98(15,16)109(99(17,18)80-84)113-88-69-59-52-60-70-88/h81-88H,19-80H2,1-18H3. The number of aromatic nitrogens is 3. The van der Waals surface area contributed by atoms with Crippen LogP contribution in [0.4, 0.5) is 17.8 Å². The Labute approximate surface area is 699 Å². The van der Waals surface area contributed by atoms with Gasteiger partial charge in [0.2, 0.25) is 17.8 Å². The van der Waals surface area contributed by atoms with Crippen LogP contribution in [-0.2, 0) is 19.4 Å². The van der Waals surface area contributed by atoms with Crippen molar-refractivity contribution < 1.29 is 19.4 Å². The highest BCUT2D eigenvalue weighted by Crippen LogP contribution is 2.52. The van der Waals surface area contributed by atoms with Crippen LogP contribution in [0.25, 0.3) is 0 Å². The number of hydrogen-bond acceptors (Lipinski definition) is 14. The van der Waals surface area contributed by atoms with E-state index in [1.165, 1.54) is 270 Å². The smallest absolute Gasteiger partial charge is 0.232 e. The van der Waals surface area contributed by atoms with Crippen molar-refractivity contribution in [2.75, 3.05) is 27.8 Å². The molecule has 4 aliphatic heterocycles. The van der Waals surface area contributed by atoms with Crippen molar-refractivity contribution in [3.05, 3.63) is 0 Å². The van der Waals surface area contributed by atoms with Gasteiger partial charge in [0.05, 0.1) is 24.4 Å². The first-order valence-electron chi connectivity index (χ1n) is 49.9. The molecular formula is C99H186N10O4. The third-order valence-electron chi connectivity index (χ3n) is 29.0. The van der Waals surface area contributed by atoms with Crippen molar-refractivity contribution in [1.29, 1.82) is 0 Å². The first-order valence-corrected chi connectivity index (χ1v) is 49.9. The molecule has 8 fully saturated rings. The lowest BCUT2D eigenvalue weighted by atomic mass is 9.74. The number of anilines is 3. The van der Waals surface area contributed by atoms with Crippen LogP contribution in [0, 0.1) is 0 Å². The first-order chi connectivity index (χ1) is 53.9. The number of hydroxylamine groups is 8. The van der Waals surface area contributed by atoms with Gasteiger partial charge in [0.1, 0.15) is 0 Å². The molecule has 0 unspecified atom stereocenters. The third kappa shape index (κ3) is 29.1. The third-order valence-corrected chi connectivity index (χ3v) is 29.0. The van der Waals surface area contributed by atoms with Crippen molar-refractivity contribution in [3.8, 4) is 0 Å². The molecule has 113 heavy (non-hydrogen) atoms. The number of hydrogen-bond donors (Lipinski definition) is 0. The maximum absolute atomic E-state index is 7.42. The second-order valence-electron chi connectivity index (χ2n) is 44.0. The summed E-state index contributed by atoms with van der Waals surface area (Å²) in [6.07, 6.45) is 76.9. The fourth-order valence-corrected chi connectivity index (χ4v) is 24.0. The summed E-state index contributed by atoms with van der Waals surface area (Å²) < 4.78 is 0. The van der Waals surface area contributed by atoms with E-state index in [-0.39, 0.29) is 92.9 Å². The monoisotopic (exact) mass is 1580 g/mol. The van der Waals surface area contributed by atoms with Crippen LogP contribution in [0.2, 0.25) is 0 Å². The lowest BCUT2D eigenvalue weighted by molar-refractivity contribution is -0.314. The van der Waals surface area contributed by atoms with Crippen molar-refractivity contribution in [1.82, 2.24) is 35.2 Å². The number of nitrogens with zero attached hydrogens (tertiary/aromatic N) is 10. The molecule has 656 valence electrons. The van der Waals surface area contributed by atoms with Crippen LogP contribution >= 0.6 is 0 Å². The van der Waals surface area contributed by atoms with E-state index in [0.29, 0.717) is 0 Å². The van der Waals surface area contributed by atoms with Gasteiger partial charge in [0, 0.05) is 81.6 Å². The molecule has 0 radical (unpaired) electrons. The Balaban J connectivity index is 1.12. The molecule has 14 heteroatoms. The molecule has 1 aromatic heterocycles. The molecule has 0 N–H and O–H groups in total. The first kappa shape index (κ1) is 94.9. The Bertz CT molecular complexity index is 2390. The fraction of sp³-hybridized carbons (Fsp3) is 0.970. The number of rotatable bonds is 49. The van der Waals surface area contributed by atoms with Crippen molar-refractivity contribution in [2.45, 2.75) is 603 Å². The molecule has 0 aromatic carbocycles. The molecule has 5 heterocycles. The summed E-state index contributed by atoms with van der Waals surface area (Å²) in [6.45, 7) is 46.6. The molecule has 9 rings (SSSR count). The molecule has 8 aliphatic rings. The largest absolute Gasteiger partial charge is 0.341 e. The second kappa shape index (κ2) is 45.8. The molecule has 0 spiro atoms. The summed E-state index contributed by atoms with van der Waals surface area (Å²) >= 11 is 0. The van der Waals surface area contributed by atoms with Gasteiger partial charge >= 0.3 is 0 Å². The molecule has 4 saturated carbocycles. The van der Waals surface area contributed by atoms with Crippen molar-refractivity contribution in [2.24, 2.45) is 0 Å². The molecular weight excluding hydrogens is 1390 g/mol. The normalized spacial score (nSPS) is 24.2. The molecule has 4 saturated heterocycles. The highest BCUT2D eigenvalue weighted by atomic mass is 16.7. The van der Waals surface area contributed by atoms with E-state index in [0.717, 1.165) is 147 Å². The summed E-state index contributed by atoms with van der Waals surface area (Å²) in [5, 5.41) is 10.0. The molecule has 4 aliphatic carbocycles. The van der Waals surface area contributed by atoms with Gasteiger partial charge in [-0.1, -0.05) is 284 Å². The lowest BCUT2D eigenvalue weighted by Gasteiger charge is -2.61. The quantitative estimate of drug-likeness (QED) is 0.0579. The van der Waals surface area contributed by atoms with Gasteiger partial charge in [-0.15, -0.1) is 0 Å². The van der Waals surface area contributed by atoms with Gasteiger partial charge in [-0.25, -0.2) is 0 Å². The zero-order chi connectivity index (χ0) is 81.2. The number of piperidine rings is 4. The maximum atomic E-state index is 7.42. The molecule has 1 aromatic rings. The zero-order valence-electron chi connectivity index (χ0n) is 78.1. The predicted molar refractivity (Wildman–Crippen MR) is 480 cm³/mol. The lowest BCUT2D eigenvalue weighted by Crippen LogP contribution is -2.69. The summed E-state index contributed by atoms with van der Waals surface area (Å²) in [5.41, 5.74) is -2.18. The van der Waals surface area contributed by atoms with Gasteiger partial charge in [0.25, 0.3) is 0 Å². The van der Waals surface area contributed by atoms with Crippen molar-refractivity contribution in [3.63, 3.8) is 0 Å². The minimum absolute atomic E-state index is 0.121. The van der Waals surface area contributed by atoms with Crippen LogP contribution in [-0.4, -0.2) is 141 Å². The average Bonchev–Trinajstić information content (AvgIpc) is 0.733. The van der Waals surface area contributed by atoms with Gasteiger partial charge in [0.15, 0.2) is 0 Å². The van der Waals surface area contributed by atoms with Gasteiger partial charge in [-0.2, -0.15) is 35.2 Å². The SMILES string of the molecule is CCCCCCCCCCCCCCCCCCN(CCCCCCCCCCCCCCCCCC)c1nc(N(C2CC(C)(C)N(OC3CCCCC3)C(C)(C)C2)C2CC(C)(C)N(OC3CCCCC3)C(C)(C)C2)nc(N(C2CC(C)(C)N(OC3CCCCC3)C(C)(C)C2)C2CC(C)(C)N(OC3CCCCC3)C(C)(C)C2)n1. The summed E-state index contributed by atoms with van der Waals surface area (Å²) in [6, 6.07) is 0.483. The van der Waals surface area contributed by atoms with E-state index in [1.807, 2.05) is 0 Å².